The van der Waals surface area contributed by atoms with Crippen molar-refractivity contribution in [3.8, 4) is 5.75 Å². The fourth-order valence-electron chi connectivity index (χ4n) is 2.92. The van der Waals surface area contributed by atoms with Crippen molar-refractivity contribution in [1.82, 2.24) is 10.6 Å². The summed E-state index contributed by atoms with van der Waals surface area (Å²) in [5.74, 6) is 0.394. The summed E-state index contributed by atoms with van der Waals surface area (Å²) >= 11 is 0. The van der Waals surface area contributed by atoms with Gasteiger partial charge in [-0.05, 0) is 57.0 Å². The zero-order chi connectivity index (χ0) is 24.3. The molecule has 8 nitrogen and oxygen atoms in total. The van der Waals surface area contributed by atoms with E-state index < -0.39 is 11.7 Å². The molecule has 0 unspecified atom stereocenters. The molecule has 0 saturated heterocycles. The minimum atomic E-state index is -0.590. The molecule has 0 bridgehead atoms. The minimum Gasteiger partial charge on any atom is -0.494 e. The second-order valence-corrected chi connectivity index (χ2v) is 8.41. The number of para-hydroxylation sites is 1. The molecule has 0 heterocycles. The Bertz CT molecular complexity index is 936. The van der Waals surface area contributed by atoms with Gasteiger partial charge >= 0.3 is 6.09 Å². The van der Waals surface area contributed by atoms with Crippen molar-refractivity contribution in [3.05, 3.63) is 59.7 Å². The molecule has 2 aromatic carbocycles. The maximum atomic E-state index is 12.5. The number of hydrogen-bond acceptors (Lipinski definition) is 5. The van der Waals surface area contributed by atoms with E-state index in [0.717, 1.165) is 16.9 Å². The molecule has 0 aliphatic carbocycles. The fourth-order valence-corrected chi connectivity index (χ4v) is 2.92. The highest BCUT2D eigenvalue weighted by Gasteiger charge is 2.16. The summed E-state index contributed by atoms with van der Waals surface area (Å²) in [7, 11) is 0. The highest BCUT2D eigenvalue weighted by molar-refractivity contribution is 5.93. The quantitative estimate of drug-likeness (QED) is 0.505. The molecule has 2 aromatic rings. The molecule has 2 rings (SSSR count). The predicted molar refractivity (Wildman–Crippen MR) is 127 cm³/mol. The summed E-state index contributed by atoms with van der Waals surface area (Å²) < 4.78 is 10.5. The van der Waals surface area contributed by atoms with Gasteiger partial charge in [0.25, 0.3) is 0 Å². The minimum absolute atomic E-state index is 0.117. The first-order valence-electron chi connectivity index (χ1n) is 11.0. The monoisotopic (exact) mass is 455 g/mol. The molecule has 0 atom stereocenters. The van der Waals surface area contributed by atoms with E-state index >= 15 is 0 Å². The van der Waals surface area contributed by atoms with Crippen LogP contribution in [-0.4, -0.2) is 36.7 Å². The van der Waals surface area contributed by atoms with E-state index in [1.54, 1.807) is 26.8 Å². The van der Waals surface area contributed by atoms with E-state index in [2.05, 4.69) is 16.0 Å². The lowest BCUT2D eigenvalue weighted by molar-refractivity contribution is -0.121. The van der Waals surface area contributed by atoms with Crippen LogP contribution >= 0.6 is 0 Å². The Balaban J connectivity index is 1.81. The fraction of sp³-hybridized carbons (Fsp3) is 0.400. The molecule has 3 N–H and O–H groups in total. The molecular weight excluding hydrogens is 422 g/mol. The Morgan fingerprint density at radius 2 is 1.61 bits per heavy atom. The average Bonchev–Trinajstić information content (AvgIpc) is 2.73. The smallest absolute Gasteiger partial charge is 0.407 e. The van der Waals surface area contributed by atoms with Crippen molar-refractivity contribution in [2.75, 3.05) is 18.5 Å². The van der Waals surface area contributed by atoms with Gasteiger partial charge in [0.1, 0.15) is 11.4 Å². The predicted octanol–water partition coefficient (Wildman–Crippen LogP) is 3.80. The number of nitrogens with one attached hydrogen (secondary N) is 3. The van der Waals surface area contributed by atoms with E-state index in [9.17, 15) is 14.4 Å². The van der Waals surface area contributed by atoms with Gasteiger partial charge in [-0.1, -0.05) is 30.3 Å². The zero-order valence-electron chi connectivity index (χ0n) is 19.7. The maximum Gasteiger partial charge on any atom is 0.407 e. The molecule has 0 aliphatic heterocycles. The van der Waals surface area contributed by atoms with E-state index in [-0.39, 0.29) is 37.7 Å². The number of alkyl carbamates (subject to hydrolysis) is 1. The molecular formula is C25H33N3O5. The summed E-state index contributed by atoms with van der Waals surface area (Å²) in [6.45, 7) is 8.25. The van der Waals surface area contributed by atoms with E-state index in [4.69, 9.17) is 9.47 Å². The number of anilines is 1. The Hall–Kier alpha value is -3.55. The summed E-state index contributed by atoms with van der Waals surface area (Å²) in [6.07, 6.45) is -0.217. The Labute approximate surface area is 195 Å². The number of ether oxygens (including phenoxy) is 2. The standard InChI is InChI=1S/C25H33N3O5/c1-5-32-20-12-10-18(11-13-20)16-23(30)28-21-9-7-6-8-19(21)17-27-22(29)14-15-26-24(31)33-25(2,3)4/h6-13H,5,14-17H2,1-4H3,(H,26,31)(H,27,29)(H,28,30). The number of carbonyl (C=O) groups excluding carboxylic acids is 3. The first kappa shape index (κ1) is 25.7. The summed E-state index contributed by atoms with van der Waals surface area (Å²) in [6, 6.07) is 14.7. The normalized spacial score (nSPS) is 10.8. The van der Waals surface area contributed by atoms with Crippen molar-refractivity contribution in [2.45, 2.75) is 52.7 Å². The highest BCUT2D eigenvalue weighted by Crippen LogP contribution is 2.17. The van der Waals surface area contributed by atoms with Crippen molar-refractivity contribution in [3.63, 3.8) is 0 Å². The largest absolute Gasteiger partial charge is 0.494 e. The third kappa shape index (κ3) is 10.1. The van der Waals surface area contributed by atoms with Gasteiger partial charge in [0.15, 0.2) is 0 Å². The number of carbonyl (C=O) groups is 3. The molecule has 0 radical (unpaired) electrons. The van der Waals surface area contributed by atoms with Crippen LogP contribution in [0.3, 0.4) is 0 Å². The van der Waals surface area contributed by atoms with Gasteiger partial charge in [0.05, 0.1) is 13.0 Å². The molecule has 8 heteroatoms. The molecule has 0 aliphatic rings. The molecule has 0 fully saturated rings. The third-order valence-electron chi connectivity index (χ3n) is 4.39. The lowest BCUT2D eigenvalue weighted by atomic mass is 10.1. The zero-order valence-corrected chi connectivity index (χ0v) is 19.7. The molecule has 0 aromatic heterocycles. The molecule has 3 amide bonds. The lowest BCUT2D eigenvalue weighted by Gasteiger charge is -2.19. The number of benzene rings is 2. The number of rotatable bonds is 10. The summed E-state index contributed by atoms with van der Waals surface area (Å²) in [5, 5.41) is 8.27. The average molecular weight is 456 g/mol. The highest BCUT2D eigenvalue weighted by atomic mass is 16.6. The molecule has 33 heavy (non-hydrogen) atoms. The Morgan fingerprint density at radius 1 is 0.909 bits per heavy atom. The number of hydrogen-bond donors (Lipinski definition) is 3. The number of amides is 3. The van der Waals surface area contributed by atoms with Crippen molar-refractivity contribution in [2.24, 2.45) is 0 Å². The van der Waals surface area contributed by atoms with E-state index in [1.165, 1.54) is 0 Å². The summed E-state index contributed by atoms with van der Waals surface area (Å²) in [4.78, 5) is 36.3. The van der Waals surface area contributed by atoms with Crippen LogP contribution in [0, 0.1) is 0 Å². The molecule has 0 saturated carbocycles. The molecule has 178 valence electrons. The van der Waals surface area contributed by atoms with Gasteiger partial charge in [0.2, 0.25) is 11.8 Å². The van der Waals surface area contributed by atoms with Gasteiger partial charge in [-0.3, -0.25) is 9.59 Å². The Kier molecular flexibility index (Phi) is 9.72. The van der Waals surface area contributed by atoms with Crippen molar-refractivity contribution >= 4 is 23.6 Å². The second-order valence-electron chi connectivity index (χ2n) is 8.41. The van der Waals surface area contributed by atoms with Crippen LogP contribution in [0.15, 0.2) is 48.5 Å². The first-order valence-corrected chi connectivity index (χ1v) is 11.0. The SMILES string of the molecule is CCOc1ccc(CC(=O)Nc2ccccc2CNC(=O)CCNC(=O)OC(C)(C)C)cc1. The van der Waals surface area contributed by atoms with Crippen LogP contribution in [0.1, 0.15) is 45.2 Å². The topological polar surface area (TPSA) is 106 Å². The van der Waals surface area contributed by atoms with Crippen LogP contribution in [-0.2, 0) is 27.3 Å². The van der Waals surface area contributed by atoms with Gasteiger partial charge in [-0.15, -0.1) is 0 Å². The van der Waals surface area contributed by atoms with E-state index in [1.807, 2.05) is 49.4 Å². The van der Waals surface area contributed by atoms with Crippen LogP contribution < -0.4 is 20.7 Å². The van der Waals surface area contributed by atoms with Crippen LogP contribution in [0.5, 0.6) is 5.75 Å². The van der Waals surface area contributed by atoms with Crippen LogP contribution in [0.2, 0.25) is 0 Å². The van der Waals surface area contributed by atoms with Gasteiger partial charge in [-0.2, -0.15) is 0 Å². The van der Waals surface area contributed by atoms with Crippen molar-refractivity contribution < 1.29 is 23.9 Å². The van der Waals surface area contributed by atoms with E-state index in [0.29, 0.717) is 12.3 Å². The van der Waals surface area contributed by atoms with Gasteiger partial charge in [-0.25, -0.2) is 4.79 Å². The van der Waals surface area contributed by atoms with Gasteiger partial charge in [0, 0.05) is 25.2 Å². The third-order valence-corrected chi connectivity index (χ3v) is 4.39. The van der Waals surface area contributed by atoms with Crippen LogP contribution in [0.25, 0.3) is 0 Å². The summed E-state index contributed by atoms with van der Waals surface area (Å²) in [5.41, 5.74) is 1.71. The molecule has 0 spiro atoms. The lowest BCUT2D eigenvalue weighted by Crippen LogP contribution is -2.35. The first-order chi connectivity index (χ1) is 15.7. The van der Waals surface area contributed by atoms with Crippen molar-refractivity contribution in [1.29, 1.82) is 0 Å². The van der Waals surface area contributed by atoms with Gasteiger partial charge < -0.3 is 25.4 Å². The second kappa shape index (κ2) is 12.5. The maximum absolute atomic E-state index is 12.5. The van der Waals surface area contributed by atoms with Crippen LogP contribution in [0.4, 0.5) is 10.5 Å². The Morgan fingerprint density at radius 3 is 2.27 bits per heavy atom.